The van der Waals surface area contributed by atoms with Crippen LogP contribution in [-0.4, -0.2) is 19.1 Å². The van der Waals surface area contributed by atoms with E-state index in [0.29, 0.717) is 5.92 Å². The predicted molar refractivity (Wildman–Crippen MR) is 58.2 cm³/mol. The van der Waals surface area contributed by atoms with Gasteiger partial charge >= 0.3 is 0 Å². The maximum absolute atomic E-state index is 6.07. The molecule has 0 spiro atoms. The van der Waals surface area contributed by atoms with Crippen molar-refractivity contribution >= 4 is 5.82 Å². The van der Waals surface area contributed by atoms with Crippen molar-refractivity contribution in [2.45, 2.75) is 18.9 Å². The summed E-state index contributed by atoms with van der Waals surface area (Å²) in [6.45, 7) is 0. The van der Waals surface area contributed by atoms with Crippen LogP contribution in [0.2, 0.25) is 0 Å². The molecule has 76 valence electrons. The lowest BCUT2D eigenvalue weighted by Crippen LogP contribution is -2.14. The van der Waals surface area contributed by atoms with Gasteiger partial charge in [0, 0.05) is 26.3 Å². The molecule has 2 rings (SSSR count). The van der Waals surface area contributed by atoms with E-state index in [9.17, 15) is 0 Å². The van der Waals surface area contributed by atoms with Crippen molar-refractivity contribution in [3.8, 4) is 0 Å². The molecule has 0 aromatic carbocycles. The summed E-state index contributed by atoms with van der Waals surface area (Å²) in [6.07, 6.45) is 4.45. The van der Waals surface area contributed by atoms with Crippen LogP contribution >= 0.6 is 0 Å². The number of hydrogen-bond donors (Lipinski definition) is 1. The van der Waals surface area contributed by atoms with E-state index in [-0.39, 0.29) is 6.04 Å². The van der Waals surface area contributed by atoms with Gasteiger partial charge in [-0.2, -0.15) is 0 Å². The quantitative estimate of drug-likeness (QED) is 0.788. The molecule has 1 atom stereocenters. The van der Waals surface area contributed by atoms with E-state index < -0.39 is 0 Å². The first-order valence-corrected chi connectivity index (χ1v) is 5.07. The minimum atomic E-state index is 0.193. The van der Waals surface area contributed by atoms with Gasteiger partial charge in [0.15, 0.2) is 0 Å². The van der Waals surface area contributed by atoms with E-state index in [2.05, 4.69) is 11.1 Å². The fourth-order valence-corrected chi connectivity index (χ4v) is 1.59. The second kappa shape index (κ2) is 3.58. The van der Waals surface area contributed by atoms with Gasteiger partial charge in [0.1, 0.15) is 5.82 Å². The van der Waals surface area contributed by atoms with Crippen LogP contribution in [-0.2, 0) is 0 Å². The fraction of sp³-hybridized carbons (Fsp3) is 0.545. The van der Waals surface area contributed by atoms with E-state index >= 15 is 0 Å². The SMILES string of the molecule is CN(C)c1ccc(C(N)C2CC2)cn1. The maximum Gasteiger partial charge on any atom is 0.127 e. The van der Waals surface area contributed by atoms with Gasteiger partial charge in [-0.15, -0.1) is 0 Å². The molecule has 3 nitrogen and oxygen atoms in total. The summed E-state index contributed by atoms with van der Waals surface area (Å²) in [5.41, 5.74) is 7.24. The number of aromatic nitrogens is 1. The number of pyridine rings is 1. The van der Waals surface area contributed by atoms with Gasteiger partial charge < -0.3 is 10.6 Å². The van der Waals surface area contributed by atoms with Gasteiger partial charge in [0.25, 0.3) is 0 Å². The Labute approximate surface area is 84.9 Å². The minimum Gasteiger partial charge on any atom is -0.363 e. The van der Waals surface area contributed by atoms with E-state index in [1.807, 2.05) is 31.3 Å². The molecule has 1 fully saturated rings. The van der Waals surface area contributed by atoms with Crippen LogP contribution in [0.15, 0.2) is 18.3 Å². The lowest BCUT2D eigenvalue weighted by Gasteiger charge is -2.14. The Morgan fingerprint density at radius 3 is 2.57 bits per heavy atom. The van der Waals surface area contributed by atoms with E-state index in [1.165, 1.54) is 12.8 Å². The van der Waals surface area contributed by atoms with Crippen LogP contribution in [0.1, 0.15) is 24.4 Å². The number of nitrogens with zero attached hydrogens (tertiary/aromatic N) is 2. The van der Waals surface area contributed by atoms with Crippen molar-refractivity contribution in [1.29, 1.82) is 0 Å². The summed E-state index contributed by atoms with van der Waals surface area (Å²) < 4.78 is 0. The highest BCUT2D eigenvalue weighted by Gasteiger charge is 2.29. The van der Waals surface area contributed by atoms with Gasteiger partial charge in [-0.3, -0.25) is 0 Å². The molecule has 1 aromatic heterocycles. The molecule has 1 aliphatic carbocycles. The molecule has 1 unspecified atom stereocenters. The van der Waals surface area contributed by atoms with E-state index in [1.54, 1.807) is 0 Å². The zero-order valence-corrected chi connectivity index (χ0v) is 8.77. The predicted octanol–water partition coefficient (Wildman–Crippen LogP) is 1.56. The largest absolute Gasteiger partial charge is 0.363 e. The first-order valence-electron chi connectivity index (χ1n) is 5.07. The van der Waals surface area contributed by atoms with Crippen molar-refractivity contribution in [2.75, 3.05) is 19.0 Å². The normalized spacial score (nSPS) is 17.9. The molecule has 0 saturated heterocycles. The smallest absolute Gasteiger partial charge is 0.127 e. The molecule has 1 aromatic rings. The molecule has 1 saturated carbocycles. The molecule has 1 aliphatic rings. The Morgan fingerprint density at radius 2 is 2.14 bits per heavy atom. The highest BCUT2D eigenvalue weighted by atomic mass is 15.1. The van der Waals surface area contributed by atoms with Gasteiger partial charge in [-0.1, -0.05) is 6.07 Å². The highest BCUT2D eigenvalue weighted by molar-refractivity contribution is 5.37. The Hall–Kier alpha value is -1.09. The zero-order valence-electron chi connectivity index (χ0n) is 8.77. The number of nitrogens with two attached hydrogens (primary N) is 1. The van der Waals surface area contributed by atoms with Crippen LogP contribution in [0.5, 0.6) is 0 Å². The van der Waals surface area contributed by atoms with Crippen LogP contribution in [0.4, 0.5) is 5.82 Å². The Bertz CT molecular complexity index is 301. The number of rotatable bonds is 3. The van der Waals surface area contributed by atoms with E-state index in [0.717, 1.165) is 11.4 Å². The van der Waals surface area contributed by atoms with E-state index in [4.69, 9.17) is 5.73 Å². The Morgan fingerprint density at radius 1 is 1.43 bits per heavy atom. The van der Waals surface area contributed by atoms with Gasteiger partial charge in [0.05, 0.1) is 0 Å². The van der Waals surface area contributed by atoms with Crippen LogP contribution < -0.4 is 10.6 Å². The average Bonchev–Trinajstić information content (AvgIpc) is 3.00. The van der Waals surface area contributed by atoms with Crippen molar-refractivity contribution in [3.63, 3.8) is 0 Å². The molecule has 3 heteroatoms. The molecule has 2 N–H and O–H groups in total. The first kappa shape index (κ1) is 9.46. The summed E-state index contributed by atoms with van der Waals surface area (Å²) in [5, 5.41) is 0. The fourth-order valence-electron chi connectivity index (χ4n) is 1.59. The summed E-state index contributed by atoms with van der Waals surface area (Å²) in [5.74, 6) is 1.68. The summed E-state index contributed by atoms with van der Waals surface area (Å²) in [4.78, 5) is 6.35. The lowest BCUT2D eigenvalue weighted by atomic mass is 10.1. The molecule has 14 heavy (non-hydrogen) atoms. The second-order valence-corrected chi connectivity index (χ2v) is 4.21. The van der Waals surface area contributed by atoms with Gasteiger partial charge in [0.2, 0.25) is 0 Å². The molecular weight excluding hydrogens is 174 g/mol. The second-order valence-electron chi connectivity index (χ2n) is 4.21. The van der Waals surface area contributed by atoms with Crippen molar-refractivity contribution in [3.05, 3.63) is 23.9 Å². The van der Waals surface area contributed by atoms with Gasteiger partial charge in [-0.05, 0) is 30.4 Å². The number of anilines is 1. The third-order valence-electron chi connectivity index (χ3n) is 2.74. The third kappa shape index (κ3) is 1.87. The van der Waals surface area contributed by atoms with Crippen molar-refractivity contribution in [1.82, 2.24) is 4.98 Å². The van der Waals surface area contributed by atoms with Crippen molar-refractivity contribution in [2.24, 2.45) is 11.7 Å². The molecule has 1 heterocycles. The lowest BCUT2D eigenvalue weighted by molar-refractivity contribution is 0.631. The zero-order chi connectivity index (χ0) is 10.1. The average molecular weight is 191 g/mol. The topological polar surface area (TPSA) is 42.1 Å². The van der Waals surface area contributed by atoms with Crippen LogP contribution in [0, 0.1) is 5.92 Å². The standard InChI is InChI=1S/C11H17N3/c1-14(2)10-6-5-9(7-13-10)11(12)8-3-4-8/h5-8,11H,3-4,12H2,1-2H3. The third-order valence-corrected chi connectivity index (χ3v) is 2.74. The monoisotopic (exact) mass is 191 g/mol. The van der Waals surface area contributed by atoms with Crippen LogP contribution in [0.25, 0.3) is 0 Å². The Balaban J connectivity index is 2.12. The van der Waals surface area contributed by atoms with Crippen molar-refractivity contribution < 1.29 is 0 Å². The van der Waals surface area contributed by atoms with Gasteiger partial charge in [-0.25, -0.2) is 4.98 Å². The summed E-state index contributed by atoms with van der Waals surface area (Å²) in [6, 6.07) is 4.31. The maximum atomic E-state index is 6.07. The minimum absolute atomic E-state index is 0.193. The molecule has 0 radical (unpaired) electrons. The van der Waals surface area contributed by atoms with Crippen LogP contribution in [0.3, 0.4) is 0 Å². The molecule has 0 amide bonds. The highest BCUT2D eigenvalue weighted by Crippen LogP contribution is 2.39. The molecular formula is C11H17N3. The number of hydrogen-bond acceptors (Lipinski definition) is 3. The first-order chi connectivity index (χ1) is 6.68. The summed E-state index contributed by atoms with van der Waals surface area (Å²) in [7, 11) is 3.98. The molecule has 0 aliphatic heterocycles. The molecule has 0 bridgehead atoms. The summed E-state index contributed by atoms with van der Waals surface area (Å²) >= 11 is 0. The Kier molecular flexibility index (Phi) is 2.42.